The lowest BCUT2D eigenvalue weighted by atomic mass is 10.3. The van der Waals surface area contributed by atoms with Gasteiger partial charge < -0.3 is 19.1 Å². The lowest BCUT2D eigenvalue weighted by Gasteiger charge is -2.35. The van der Waals surface area contributed by atoms with Crippen molar-refractivity contribution in [3.63, 3.8) is 0 Å². The molecular formula is C14H29NO4. The molecule has 0 amide bonds. The molecule has 0 aromatic heterocycles. The second-order valence-corrected chi connectivity index (χ2v) is 4.44. The first kappa shape index (κ1) is 20.2. The summed E-state index contributed by atoms with van der Waals surface area (Å²) in [7, 11) is 0. The van der Waals surface area contributed by atoms with Crippen molar-refractivity contribution in [3.05, 3.63) is 0 Å². The van der Waals surface area contributed by atoms with Gasteiger partial charge in [0.2, 0.25) is 0 Å². The van der Waals surface area contributed by atoms with Gasteiger partial charge in [0.05, 0.1) is 32.8 Å². The number of quaternary nitrogens is 1. The highest BCUT2D eigenvalue weighted by Gasteiger charge is 2.18. The monoisotopic (exact) mass is 275 g/mol. The average molecular weight is 275 g/mol. The Labute approximate surface area is 117 Å². The Morgan fingerprint density at radius 1 is 0.947 bits per heavy atom. The van der Waals surface area contributed by atoms with Crippen molar-refractivity contribution < 1.29 is 23.9 Å². The third kappa shape index (κ3) is 9.47. The molecule has 0 saturated carbocycles. The van der Waals surface area contributed by atoms with Crippen LogP contribution < -0.4 is 5.11 Å². The van der Waals surface area contributed by atoms with Crippen LogP contribution in [0.2, 0.25) is 0 Å². The molecular weight excluding hydrogens is 246 g/mol. The number of aliphatic carboxylic acids is 1. The Bertz CT molecular complexity index is 242. The van der Waals surface area contributed by atoms with E-state index in [0.29, 0.717) is 6.42 Å². The fraction of sp³-hybridized carbons (Fsp3) is 0.857. The minimum atomic E-state index is -1.79. The molecule has 0 spiro atoms. The van der Waals surface area contributed by atoms with Crippen LogP contribution in [-0.4, -0.2) is 49.2 Å². The SMILES string of the molecule is CCCOC(=O)C(=O)[O-].CCC[N+](CC)(CC)CC. The van der Waals surface area contributed by atoms with Gasteiger partial charge in [0.1, 0.15) is 0 Å². The van der Waals surface area contributed by atoms with Gasteiger partial charge in [-0.15, -0.1) is 0 Å². The Hall–Kier alpha value is -1.10. The summed E-state index contributed by atoms with van der Waals surface area (Å²) in [5.74, 6) is -3.08. The molecule has 5 heteroatoms. The van der Waals surface area contributed by atoms with E-state index in [0.717, 1.165) is 0 Å². The number of nitrogens with zero attached hydrogens (tertiary/aromatic N) is 1. The number of esters is 1. The Balaban J connectivity index is 0. The van der Waals surface area contributed by atoms with E-state index in [1.165, 1.54) is 37.1 Å². The molecule has 0 aliphatic rings. The first-order valence-corrected chi connectivity index (χ1v) is 7.16. The van der Waals surface area contributed by atoms with Gasteiger partial charge in [0.25, 0.3) is 0 Å². The van der Waals surface area contributed by atoms with Crippen molar-refractivity contribution in [3.8, 4) is 0 Å². The molecule has 0 aromatic rings. The van der Waals surface area contributed by atoms with Crippen molar-refractivity contribution in [1.29, 1.82) is 0 Å². The molecule has 0 aliphatic heterocycles. The fourth-order valence-corrected chi connectivity index (χ4v) is 1.87. The minimum Gasteiger partial charge on any atom is -0.539 e. The van der Waals surface area contributed by atoms with E-state index in [1.54, 1.807) is 6.92 Å². The second kappa shape index (κ2) is 12.0. The summed E-state index contributed by atoms with van der Waals surface area (Å²) in [6.45, 7) is 16.3. The molecule has 0 heterocycles. The smallest absolute Gasteiger partial charge is 0.354 e. The molecule has 0 atom stereocenters. The summed E-state index contributed by atoms with van der Waals surface area (Å²) in [4.78, 5) is 19.6. The Morgan fingerprint density at radius 2 is 1.42 bits per heavy atom. The van der Waals surface area contributed by atoms with Gasteiger partial charge in [0, 0.05) is 0 Å². The first-order valence-electron chi connectivity index (χ1n) is 7.16. The summed E-state index contributed by atoms with van der Waals surface area (Å²) in [6.07, 6.45) is 1.93. The van der Waals surface area contributed by atoms with E-state index in [9.17, 15) is 14.7 Å². The van der Waals surface area contributed by atoms with Gasteiger partial charge in [-0.05, 0) is 33.6 Å². The van der Waals surface area contributed by atoms with Crippen molar-refractivity contribution >= 4 is 11.9 Å². The van der Waals surface area contributed by atoms with Crippen LogP contribution in [0.4, 0.5) is 0 Å². The van der Waals surface area contributed by atoms with Gasteiger partial charge in [-0.3, -0.25) is 0 Å². The summed E-state index contributed by atoms with van der Waals surface area (Å²) in [5, 5.41) is 9.62. The van der Waals surface area contributed by atoms with Crippen molar-refractivity contribution in [2.45, 2.75) is 47.5 Å². The molecule has 0 N–H and O–H groups in total. The van der Waals surface area contributed by atoms with E-state index in [4.69, 9.17) is 0 Å². The zero-order valence-electron chi connectivity index (χ0n) is 13.0. The number of carbonyl (C=O) groups excluding carboxylic acids is 2. The molecule has 5 nitrogen and oxygen atoms in total. The number of ether oxygens (including phenoxy) is 1. The van der Waals surface area contributed by atoms with E-state index >= 15 is 0 Å². The number of carboxylic acid groups (broad SMARTS) is 1. The lowest BCUT2D eigenvalue weighted by Crippen LogP contribution is -2.47. The summed E-state index contributed by atoms with van der Waals surface area (Å²) in [5.41, 5.74) is 0. The summed E-state index contributed by atoms with van der Waals surface area (Å²) in [6, 6.07) is 0. The van der Waals surface area contributed by atoms with Crippen LogP contribution in [0.15, 0.2) is 0 Å². The fourth-order valence-electron chi connectivity index (χ4n) is 1.87. The Kier molecular flexibility index (Phi) is 12.7. The van der Waals surface area contributed by atoms with Crippen LogP contribution >= 0.6 is 0 Å². The normalized spacial score (nSPS) is 10.4. The molecule has 0 radical (unpaired) electrons. The quantitative estimate of drug-likeness (QED) is 0.394. The molecule has 0 saturated heterocycles. The maximum atomic E-state index is 10.0. The number of carboxylic acids is 1. The van der Waals surface area contributed by atoms with Crippen molar-refractivity contribution in [1.82, 2.24) is 0 Å². The number of carbonyl (C=O) groups is 2. The van der Waals surface area contributed by atoms with Crippen molar-refractivity contribution in [2.24, 2.45) is 0 Å². The molecule has 0 fully saturated rings. The second-order valence-electron chi connectivity index (χ2n) is 4.44. The van der Waals surface area contributed by atoms with Crippen molar-refractivity contribution in [2.75, 3.05) is 32.8 Å². The Morgan fingerprint density at radius 3 is 1.63 bits per heavy atom. The predicted octanol–water partition coefficient (Wildman–Crippen LogP) is 0.962. The lowest BCUT2D eigenvalue weighted by molar-refractivity contribution is -0.923. The highest BCUT2D eigenvalue weighted by atomic mass is 16.6. The minimum absolute atomic E-state index is 0.132. The highest BCUT2D eigenvalue weighted by molar-refractivity contribution is 6.27. The van der Waals surface area contributed by atoms with Crippen LogP contribution in [0.1, 0.15) is 47.5 Å². The van der Waals surface area contributed by atoms with Gasteiger partial charge in [-0.25, -0.2) is 4.79 Å². The maximum absolute atomic E-state index is 10.0. The molecule has 0 aromatic carbocycles. The van der Waals surface area contributed by atoms with Crippen LogP contribution in [0, 0.1) is 0 Å². The van der Waals surface area contributed by atoms with Crippen LogP contribution in [0.25, 0.3) is 0 Å². The van der Waals surface area contributed by atoms with E-state index in [2.05, 4.69) is 32.4 Å². The zero-order chi connectivity index (χ0) is 15.3. The average Bonchev–Trinajstić information content (AvgIpc) is 2.43. The van der Waals surface area contributed by atoms with Gasteiger partial charge in [0.15, 0.2) is 5.97 Å². The highest BCUT2D eigenvalue weighted by Crippen LogP contribution is 2.06. The van der Waals surface area contributed by atoms with Crippen LogP contribution in [-0.2, 0) is 14.3 Å². The molecule has 0 bridgehead atoms. The summed E-state index contributed by atoms with van der Waals surface area (Å²) < 4.78 is 5.45. The number of hydrogen-bond acceptors (Lipinski definition) is 4. The van der Waals surface area contributed by atoms with Gasteiger partial charge in [-0.2, -0.15) is 0 Å². The van der Waals surface area contributed by atoms with Gasteiger partial charge >= 0.3 is 5.97 Å². The molecule has 19 heavy (non-hydrogen) atoms. The number of hydrogen-bond donors (Lipinski definition) is 0. The van der Waals surface area contributed by atoms with Gasteiger partial charge in [-0.1, -0.05) is 13.8 Å². The van der Waals surface area contributed by atoms with E-state index in [-0.39, 0.29) is 6.61 Å². The van der Waals surface area contributed by atoms with Crippen LogP contribution in [0.3, 0.4) is 0 Å². The number of rotatable bonds is 7. The third-order valence-corrected chi connectivity index (χ3v) is 3.31. The third-order valence-electron chi connectivity index (χ3n) is 3.31. The topological polar surface area (TPSA) is 66.4 Å². The standard InChI is InChI=1S/C9H22N.C5H8O4/c1-5-9-10(6-2,7-3)8-4;1-2-3-9-5(8)4(6)7/h5-9H2,1-4H3;2-3H2,1H3,(H,6,7)/q+1;/p-1. The largest absolute Gasteiger partial charge is 0.539 e. The first-order chi connectivity index (χ1) is 8.92. The predicted molar refractivity (Wildman–Crippen MR) is 73.3 cm³/mol. The summed E-state index contributed by atoms with van der Waals surface area (Å²) >= 11 is 0. The molecule has 0 unspecified atom stereocenters. The van der Waals surface area contributed by atoms with Crippen LogP contribution in [0.5, 0.6) is 0 Å². The maximum Gasteiger partial charge on any atom is 0.354 e. The van der Waals surface area contributed by atoms with E-state index in [1.807, 2.05) is 0 Å². The zero-order valence-corrected chi connectivity index (χ0v) is 13.0. The molecule has 0 rings (SSSR count). The molecule has 0 aliphatic carbocycles. The van der Waals surface area contributed by atoms with E-state index < -0.39 is 11.9 Å². The molecule has 114 valence electrons.